The van der Waals surface area contributed by atoms with Gasteiger partial charge in [-0.05, 0) is 31.3 Å². The van der Waals surface area contributed by atoms with Gasteiger partial charge in [0.25, 0.3) is 0 Å². The van der Waals surface area contributed by atoms with Crippen molar-refractivity contribution in [3.63, 3.8) is 0 Å². The van der Waals surface area contributed by atoms with E-state index in [4.69, 9.17) is 0 Å². The first-order chi connectivity index (χ1) is 5.91. The van der Waals surface area contributed by atoms with Crippen LogP contribution in [0.5, 0.6) is 0 Å². The highest BCUT2D eigenvalue weighted by molar-refractivity contribution is 5.99. The van der Waals surface area contributed by atoms with Crippen LogP contribution in [-0.2, 0) is 0 Å². The van der Waals surface area contributed by atoms with Gasteiger partial charge in [0, 0.05) is 12.8 Å². The van der Waals surface area contributed by atoms with Crippen molar-refractivity contribution in [1.82, 2.24) is 0 Å². The second-order valence-corrected chi connectivity index (χ2v) is 4.22. The molecule has 0 aromatic carbocycles. The van der Waals surface area contributed by atoms with Crippen LogP contribution in [0, 0.1) is 11.8 Å². The third kappa shape index (κ3) is 3.33. The highest BCUT2D eigenvalue weighted by atomic mass is 14.7. The lowest BCUT2D eigenvalue weighted by atomic mass is 9.89. The molecule has 0 atom stereocenters. The van der Waals surface area contributed by atoms with E-state index >= 15 is 0 Å². The van der Waals surface area contributed by atoms with E-state index in [9.17, 15) is 0 Å². The van der Waals surface area contributed by atoms with Crippen LogP contribution >= 0.6 is 0 Å². The minimum atomic E-state index is 0.575. The van der Waals surface area contributed by atoms with Gasteiger partial charge in [-0.25, -0.2) is 0 Å². The van der Waals surface area contributed by atoms with Gasteiger partial charge in [-0.2, -0.15) is 0 Å². The summed E-state index contributed by atoms with van der Waals surface area (Å²) in [5.74, 6) is 1.19. The van der Waals surface area contributed by atoms with E-state index in [0.717, 1.165) is 0 Å². The summed E-state index contributed by atoms with van der Waals surface area (Å²) < 4.78 is 0. The summed E-state index contributed by atoms with van der Waals surface area (Å²) in [5.41, 5.74) is 4.08. The van der Waals surface area contributed by atoms with Crippen molar-refractivity contribution >= 4 is 5.71 Å². The van der Waals surface area contributed by atoms with Crippen molar-refractivity contribution in [2.24, 2.45) is 16.8 Å². The molecular formula is C12H23N. The Morgan fingerprint density at radius 3 is 1.62 bits per heavy atom. The molecule has 0 saturated heterocycles. The molecule has 0 saturated carbocycles. The van der Waals surface area contributed by atoms with Crippen molar-refractivity contribution in [3.05, 3.63) is 11.1 Å². The van der Waals surface area contributed by atoms with E-state index in [2.05, 4.69) is 46.5 Å². The van der Waals surface area contributed by atoms with E-state index in [0.29, 0.717) is 11.8 Å². The SMILES string of the molecule is C/N=C(C)\C(=C(/C)C(C)C)C(C)C. The quantitative estimate of drug-likeness (QED) is 0.589. The molecule has 0 aliphatic heterocycles. The van der Waals surface area contributed by atoms with Gasteiger partial charge in [0.1, 0.15) is 0 Å². The molecule has 13 heavy (non-hydrogen) atoms. The first-order valence-corrected chi connectivity index (χ1v) is 5.06. The van der Waals surface area contributed by atoms with E-state index < -0.39 is 0 Å². The van der Waals surface area contributed by atoms with Crippen LogP contribution < -0.4 is 0 Å². The number of aliphatic imine (C=N–C) groups is 1. The molecule has 0 spiro atoms. The molecule has 0 amide bonds. The maximum absolute atomic E-state index is 4.27. The zero-order chi connectivity index (χ0) is 10.6. The number of hydrogen-bond donors (Lipinski definition) is 0. The molecular weight excluding hydrogens is 158 g/mol. The Balaban J connectivity index is 5.13. The topological polar surface area (TPSA) is 12.4 Å². The van der Waals surface area contributed by atoms with Crippen LogP contribution in [0.4, 0.5) is 0 Å². The Bertz CT molecular complexity index is 219. The Morgan fingerprint density at radius 1 is 0.923 bits per heavy atom. The molecule has 0 heterocycles. The number of hydrogen-bond acceptors (Lipinski definition) is 1. The summed E-state index contributed by atoms with van der Waals surface area (Å²) in [5, 5.41) is 0. The molecule has 0 aromatic rings. The molecule has 0 radical (unpaired) electrons. The average Bonchev–Trinajstić information content (AvgIpc) is 2.03. The smallest absolute Gasteiger partial charge is 0.0347 e. The molecule has 0 N–H and O–H groups in total. The first kappa shape index (κ1) is 12.4. The molecule has 0 aromatic heterocycles. The van der Waals surface area contributed by atoms with Gasteiger partial charge in [-0.3, -0.25) is 4.99 Å². The van der Waals surface area contributed by atoms with Gasteiger partial charge in [-0.15, -0.1) is 0 Å². The minimum absolute atomic E-state index is 0.575. The molecule has 0 fully saturated rings. The molecule has 1 nitrogen and oxygen atoms in total. The van der Waals surface area contributed by atoms with Crippen LogP contribution in [0.3, 0.4) is 0 Å². The second-order valence-electron chi connectivity index (χ2n) is 4.22. The largest absolute Gasteiger partial charge is 0.293 e. The van der Waals surface area contributed by atoms with Gasteiger partial charge in [0.15, 0.2) is 0 Å². The zero-order valence-corrected chi connectivity index (χ0v) is 10.1. The minimum Gasteiger partial charge on any atom is -0.293 e. The number of allylic oxidation sites excluding steroid dienone is 2. The standard InChI is InChI=1S/C12H23N/c1-8(2)10(5)12(9(3)4)11(6)13-7/h8-9H,1-7H3/b12-10+,13-11-. The normalized spacial score (nSPS) is 15.3. The lowest BCUT2D eigenvalue weighted by Gasteiger charge is -2.18. The van der Waals surface area contributed by atoms with Crippen molar-refractivity contribution in [2.75, 3.05) is 7.05 Å². The van der Waals surface area contributed by atoms with E-state index in [1.165, 1.54) is 16.9 Å². The fourth-order valence-corrected chi connectivity index (χ4v) is 1.59. The highest BCUT2D eigenvalue weighted by Crippen LogP contribution is 2.22. The van der Waals surface area contributed by atoms with Crippen molar-refractivity contribution in [2.45, 2.75) is 41.5 Å². The first-order valence-electron chi connectivity index (χ1n) is 5.06. The van der Waals surface area contributed by atoms with Gasteiger partial charge in [0.2, 0.25) is 0 Å². The monoisotopic (exact) mass is 181 g/mol. The zero-order valence-electron chi connectivity index (χ0n) is 10.1. The fraction of sp³-hybridized carbons (Fsp3) is 0.750. The summed E-state index contributed by atoms with van der Waals surface area (Å²) in [6.45, 7) is 13.3. The van der Waals surface area contributed by atoms with Crippen LogP contribution in [0.25, 0.3) is 0 Å². The second kappa shape index (κ2) is 5.21. The lowest BCUT2D eigenvalue weighted by Crippen LogP contribution is -2.10. The van der Waals surface area contributed by atoms with Crippen molar-refractivity contribution in [1.29, 1.82) is 0 Å². The molecule has 0 aliphatic rings. The fourth-order valence-electron chi connectivity index (χ4n) is 1.59. The van der Waals surface area contributed by atoms with Gasteiger partial charge in [0.05, 0.1) is 0 Å². The molecule has 76 valence electrons. The maximum Gasteiger partial charge on any atom is 0.0347 e. The summed E-state index contributed by atoms with van der Waals surface area (Å²) >= 11 is 0. The van der Waals surface area contributed by atoms with Crippen molar-refractivity contribution < 1.29 is 0 Å². The lowest BCUT2D eigenvalue weighted by molar-refractivity contribution is 0.713. The summed E-state index contributed by atoms with van der Waals surface area (Å²) in [7, 11) is 1.87. The van der Waals surface area contributed by atoms with E-state index in [1.807, 2.05) is 7.05 Å². The molecule has 1 heteroatoms. The summed E-state index contributed by atoms with van der Waals surface area (Å²) in [4.78, 5) is 4.27. The average molecular weight is 181 g/mol. The maximum atomic E-state index is 4.27. The molecule has 0 aliphatic carbocycles. The van der Waals surface area contributed by atoms with Crippen LogP contribution in [0.15, 0.2) is 16.1 Å². The van der Waals surface area contributed by atoms with E-state index in [1.54, 1.807) is 0 Å². The van der Waals surface area contributed by atoms with Gasteiger partial charge in [-0.1, -0.05) is 33.3 Å². The van der Waals surface area contributed by atoms with Crippen molar-refractivity contribution in [3.8, 4) is 0 Å². The summed E-state index contributed by atoms with van der Waals surface area (Å²) in [6.07, 6.45) is 0. The van der Waals surface area contributed by atoms with Crippen LogP contribution in [0.2, 0.25) is 0 Å². The Kier molecular flexibility index (Phi) is 4.97. The number of rotatable bonds is 3. The van der Waals surface area contributed by atoms with Gasteiger partial charge >= 0.3 is 0 Å². The molecule has 0 unspecified atom stereocenters. The third-order valence-corrected chi connectivity index (χ3v) is 2.59. The third-order valence-electron chi connectivity index (χ3n) is 2.59. The predicted molar refractivity (Wildman–Crippen MR) is 61.4 cm³/mol. The summed E-state index contributed by atoms with van der Waals surface area (Å²) in [6, 6.07) is 0. The Hall–Kier alpha value is -0.590. The Morgan fingerprint density at radius 2 is 1.38 bits per heavy atom. The Labute approximate surface area is 83.0 Å². The van der Waals surface area contributed by atoms with Crippen LogP contribution in [-0.4, -0.2) is 12.8 Å². The molecule has 0 bridgehead atoms. The predicted octanol–water partition coefficient (Wildman–Crippen LogP) is 3.71. The molecule has 0 rings (SSSR count). The highest BCUT2D eigenvalue weighted by Gasteiger charge is 2.12. The van der Waals surface area contributed by atoms with E-state index in [-0.39, 0.29) is 0 Å². The van der Waals surface area contributed by atoms with Crippen LogP contribution in [0.1, 0.15) is 41.5 Å². The van der Waals surface area contributed by atoms with Gasteiger partial charge < -0.3 is 0 Å². The number of nitrogens with zero attached hydrogens (tertiary/aromatic N) is 1.